The van der Waals surface area contributed by atoms with Gasteiger partial charge in [-0.1, -0.05) is 0 Å². The van der Waals surface area contributed by atoms with Crippen LogP contribution in [0.4, 0.5) is 0 Å². The number of hydrogen-bond acceptors (Lipinski definition) is 2. The van der Waals surface area contributed by atoms with Crippen molar-refractivity contribution >= 4 is 0 Å². The van der Waals surface area contributed by atoms with E-state index in [0.29, 0.717) is 6.04 Å². The van der Waals surface area contributed by atoms with Crippen LogP contribution in [0.3, 0.4) is 0 Å². The second kappa shape index (κ2) is 1.31. The standard InChI is InChI=1S/C5H6N3/c1-2-5(1)8-4-6-3-7-8/h3,5H,1-2H2. The molecule has 1 aromatic rings. The van der Waals surface area contributed by atoms with E-state index < -0.39 is 0 Å². The van der Waals surface area contributed by atoms with Crippen LogP contribution in [-0.4, -0.2) is 14.8 Å². The van der Waals surface area contributed by atoms with Crippen LogP contribution >= 0.6 is 0 Å². The Kier molecular flexibility index (Phi) is 0.664. The highest BCUT2D eigenvalue weighted by molar-refractivity contribution is 4.78. The average Bonchev–Trinajstić information content (AvgIpc) is 2.49. The highest BCUT2D eigenvalue weighted by atomic mass is 15.3. The van der Waals surface area contributed by atoms with Crippen LogP contribution in [0, 0.1) is 6.33 Å². The molecule has 0 saturated heterocycles. The zero-order chi connectivity index (χ0) is 5.40. The summed E-state index contributed by atoms with van der Waals surface area (Å²) in [6.07, 6.45) is 6.78. The summed E-state index contributed by atoms with van der Waals surface area (Å²) in [5, 5.41) is 3.93. The predicted molar refractivity (Wildman–Crippen MR) is 27.1 cm³/mol. The molecule has 3 heteroatoms. The fraction of sp³-hybridized carbons (Fsp3) is 0.600. The lowest BCUT2D eigenvalue weighted by molar-refractivity contribution is 0.634. The van der Waals surface area contributed by atoms with Gasteiger partial charge in [0.25, 0.3) is 0 Å². The van der Waals surface area contributed by atoms with Gasteiger partial charge in [-0.25, -0.2) is 9.67 Å². The van der Waals surface area contributed by atoms with Crippen molar-refractivity contribution in [2.45, 2.75) is 18.9 Å². The van der Waals surface area contributed by atoms with Crippen LogP contribution in [-0.2, 0) is 0 Å². The van der Waals surface area contributed by atoms with E-state index in [4.69, 9.17) is 0 Å². The summed E-state index contributed by atoms with van der Waals surface area (Å²) in [5.41, 5.74) is 0. The number of nitrogens with zero attached hydrogens (tertiary/aromatic N) is 3. The molecule has 41 valence electrons. The van der Waals surface area contributed by atoms with Gasteiger partial charge < -0.3 is 0 Å². The molecule has 2 rings (SSSR count). The molecule has 0 aromatic carbocycles. The van der Waals surface area contributed by atoms with Gasteiger partial charge in [-0.2, -0.15) is 5.10 Å². The van der Waals surface area contributed by atoms with Crippen molar-refractivity contribution in [2.75, 3.05) is 0 Å². The van der Waals surface area contributed by atoms with Crippen LogP contribution in [0.1, 0.15) is 18.9 Å². The van der Waals surface area contributed by atoms with Gasteiger partial charge in [0.05, 0.1) is 6.04 Å². The molecule has 1 saturated carbocycles. The Balaban J connectivity index is 2.28. The topological polar surface area (TPSA) is 30.7 Å². The fourth-order valence-electron chi connectivity index (χ4n) is 0.687. The molecule has 3 nitrogen and oxygen atoms in total. The second-order valence-electron chi connectivity index (χ2n) is 2.04. The number of rotatable bonds is 1. The zero-order valence-corrected chi connectivity index (χ0v) is 4.41. The lowest BCUT2D eigenvalue weighted by Crippen LogP contribution is -1.92. The predicted octanol–water partition coefficient (Wildman–Crippen LogP) is 0.413. The summed E-state index contributed by atoms with van der Waals surface area (Å²) in [4.78, 5) is 3.71. The minimum atomic E-state index is 0.623. The lowest BCUT2D eigenvalue weighted by Gasteiger charge is -1.87. The zero-order valence-electron chi connectivity index (χ0n) is 4.41. The van der Waals surface area contributed by atoms with E-state index in [2.05, 4.69) is 16.4 Å². The van der Waals surface area contributed by atoms with Crippen molar-refractivity contribution in [1.82, 2.24) is 14.8 Å². The van der Waals surface area contributed by atoms with E-state index in [-0.39, 0.29) is 0 Å². The average molecular weight is 108 g/mol. The molecule has 0 unspecified atom stereocenters. The Morgan fingerprint density at radius 2 is 2.50 bits per heavy atom. The van der Waals surface area contributed by atoms with Gasteiger partial charge in [0.2, 0.25) is 0 Å². The Bertz CT molecular complexity index is 164. The Morgan fingerprint density at radius 1 is 1.62 bits per heavy atom. The van der Waals surface area contributed by atoms with E-state index in [1.54, 1.807) is 4.68 Å². The van der Waals surface area contributed by atoms with Crippen molar-refractivity contribution in [1.29, 1.82) is 0 Å². The third kappa shape index (κ3) is 0.510. The number of hydrogen-bond donors (Lipinski definition) is 0. The molecular weight excluding hydrogens is 102 g/mol. The maximum absolute atomic E-state index is 3.93. The maximum atomic E-state index is 3.93. The molecule has 1 aliphatic rings. The smallest absolute Gasteiger partial charge is 0.196 e. The van der Waals surface area contributed by atoms with Crippen molar-refractivity contribution in [2.24, 2.45) is 0 Å². The van der Waals surface area contributed by atoms with E-state index in [1.165, 1.54) is 19.2 Å². The Morgan fingerprint density at radius 3 is 3.00 bits per heavy atom. The molecule has 0 bridgehead atoms. The maximum Gasteiger partial charge on any atom is 0.196 e. The first-order valence-corrected chi connectivity index (χ1v) is 2.74. The molecule has 1 heterocycles. The molecule has 1 fully saturated rings. The largest absolute Gasteiger partial charge is 0.240 e. The SMILES string of the molecule is [c]1ncnn1C1CC1. The monoisotopic (exact) mass is 108 g/mol. The Labute approximate surface area is 47.3 Å². The van der Waals surface area contributed by atoms with Gasteiger partial charge in [0, 0.05) is 0 Å². The summed E-state index contributed by atoms with van der Waals surface area (Å²) in [6.45, 7) is 0. The van der Waals surface area contributed by atoms with Crippen LogP contribution in [0.25, 0.3) is 0 Å². The first-order chi connectivity index (χ1) is 3.97. The molecule has 0 aliphatic heterocycles. The van der Waals surface area contributed by atoms with Crippen LogP contribution in [0.15, 0.2) is 6.33 Å². The van der Waals surface area contributed by atoms with E-state index in [1.807, 2.05) is 0 Å². The fourth-order valence-corrected chi connectivity index (χ4v) is 0.687. The normalized spacial score (nSPS) is 19.0. The van der Waals surface area contributed by atoms with E-state index in [0.717, 1.165) is 0 Å². The van der Waals surface area contributed by atoms with Gasteiger partial charge in [-0.15, -0.1) is 0 Å². The highest BCUT2D eigenvalue weighted by Gasteiger charge is 2.23. The molecule has 0 spiro atoms. The molecule has 1 radical (unpaired) electrons. The van der Waals surface area contributed by atoms with Gasteiger partial charge in [0.1, 0.15) is 6.33 Å². The van der Waals surface area contributed by atoms with Crippen molar-refractivity contribution in [3.8, 4) is 0 Å². The van der Waals surface area contributed by atoms with Crippen LogP contribution in [0.5, 0.6) is 0 Å². The second-order valence-corrected chi connectivity index (χ2v) is 2.04. The summed E-state index contributed by atoms with van der Waals surface area (Å²) >= 11 is 0. The van der Waals surface area contributed by atoms with Gasteiger partial charge in [-0.05, 0) is 12.8 Å². The van der Waals surface area contributed by atoms with Crippen molar-refractivity contribution < 1.29 is 0 Å². The summed E-state index contributed by atoms with van der Waals surface area (Å²) in [6, 6.07) is 0.623. The van der Waals surface area contributed by atoms with Crippen molar-refractivity contribution in [3.05, 3.63) is 12.7 Å². The highest BCUT2D eigenvalue weighted by Crippen LogP contribution is 2.32. The first kappa shape index (κ1) is 4.06. The van der Waals surface area contributed by atoms with E-state index >= 15 is 0 Å². The third-order valence-electron chi connectivity index (χ3n) is 1.29. The molecular formula is C5H6N3. The van der Waals surface area contributed by atoms with Gasteiger partial charge in [-0.3, -0.25) is 0 Å². The first-order valence-electron chi connectivity index (χ1n) is 2.74. The minimum absolute atomic E-state index is 0.623. The van der Waals surface area contributed by atoms with Crippen molar-refractivity contribution in [3.63, 3.8) is 0 Å². The summed E-state index contributed by atoms with van der Waals surface area (Å²) in [5.74, 6) is 0. The van der Waals surface area contributed by atoms with E-state index in [9.17, 15) is 0 Å². The summed E-state index contributed by atoms with van der Waals surface area (Å²) in [7, 11) is 0. The molecule has 1 aliphatic carbocycles. The number of aromatic nitrogens is 3. The van der Waals surface area contributed by atoms with Gasteiger partial charge in [0.15, 0.2) is 6.33 Å². The quantitative estimate of drug-likeness (QED) is 0.521. The lowest BCUT2D eigenvalue weighted by atomic mass is 10.7. The molecule has 0 atom stereocenters. The van der Waals surface area contributed by atoms with Gasteiger partial charge >= 0.3 is 0 Å². The third-order valence-corrected chi connectivity index (χ3v) is 1.29. The summed E-state index contributed by atoms with van der Waals surface area (Å²) < 4.78 is 1.79. The molecule has 0 N–H and O–H groups in total. The molecule has 8 heavy (non-hydrogen) atoms. The van der Waals surface area contributed by atoms with Crippen LogP contribution in [0.2, 0.25) is 0 Å². The minimum Gasteiger partial charge on any atom is -0.240 e. The van der Waals surface area contributed by atoms with Crippen LogP contribution < -0.4 is 0 Å². The molecule has 0 amide bonds. The molecule has 1 aromatic heterocycles. The Hall–Kier alpha value is -0.860.